The molecule has 0 unspecified atom stereocenters. The Kier molecular flexibility index (Phi) is 4.06. The van der Waals surface area contributed by atoms with Gasteiger partial charge in [0.25, 0.3) is 0 Å². The maximum Gasteiger partial charge on any atom is 0.120 e. The van der Waals surface area contributed by atoms with E-state index in [0.29, 0.717) is 11.3 Å². The van der Waals surface area contributed by atoms with Crippen molar-refractivity contribution in [2.45, 2.75) is 0 Å². The number of aromatic nitrogens is 1. The SMILES string of the molecule is COc1ccc2c(c1)c1cc(OC)cc(C#N)c1n2-c1ccc(Br)cc1. The van der Waals surface area contributed by atoms with E-state index in [4.69, 9.17) is 9.47 Å². The molecule has 0 radical (unpaired) electrons. The van der Waals surface area contributed by atoms with Gasteiger partial charge in [-0.15, -0.1) is 0 Å². The van der Waals surface area contributed by atoms with Crippen LogP contribution in [0.1, 0.15) is 5.56 Å². The number of nitriles is 1. The third-order valence-electron chi connectivity index (χ3n) is 4.48. The van der Waals surface area contributed by atoms with Gasteiger partial charge in [0.2, 0.25) is 0 Å². The number of rotatable bonds is 3. The van der Waals surface area contributed by atoms with Gasteiger partial charge in [-0.05, 0) is 48.5 Å². The average molecular weight is 407 g/mol. The summed E-state index contributed by atoms with van der Waals surface area (Å²) in [6, 6.07) is 20.0. The highest BCUT2D eigenvalue weighted by molar-refractivity contribution is 9.10. The molecule has 26 heavy (non-hydrogen) atoms. The fourth-order valence-corrected chi connectivity index (χ4v) is 3.55. The lowest BCUT2D eigenvalue weighted by Gasteiger charge is -2.10. The Morgan fingerprint density at radius 3 is 2.23 bits per heavy atom. The van der Waals surface area contributed by atoms with E-state index in [-0.39, 0.29) is 0 Å². The molecule has 128 valence electrons. The minimum atomic E-state index is 0.567. The first-order valence-corrected chi connectivity index (χ1v) is 8.82. The standard InChI is InChI=1S/C21H15BrN2O2/c1-25-16-7-8-20-18(10-16)19-11-17(26-2)9-13(12-23)21(19)24(20)15-5-3-14(22)4-6-15/h3-11H,1-2H3. The molecule has 4 aromatic rings. The number of fused-ring (bicyclic) bond motifs is 3. The van der Waals surface area contributed by atoms with Crippen molar-refractivity contribution in [2.24, 2.45) is 0 Å². The van der Waals surface area contributed by atoms with Crippen LogP contribution in [-0.4, -0.2) is 18.8 Å². The van der Waals surface area contributed by atoms with Crippen molar-refractivity contribution in [3.63, 3.8) is 0 Å². The molecule has 0 aliphatic heterocycles. The summed E-state index contributed by atoms with van der Waals surface area (Å²) in [5.41, 5.74) is 3.42. The number of methoxy groups -OCH3 is 2. The number of halogens is 1. The molecule has 0 atom stereocenters. The van der Waals surface area contributed by atoms with E-state index in [1.165, 1.54) is 0 Å². The lowest BCUT2D eigenvalue weighted by atomic mass is 10.1. The molecule has 0 bridgehead atoms. The number of hydrogen-bond acceptors (Lipinski definition) is 3. The van der Waals surface area contributed by atoms with Gasteiger partial charge in [-0.2, -0.15) is 5.26 Å². The molecule has 5 heteroatoms. The quantitative estimate of drug-likeness (QED) is 0.455. The van der Waals surface area contributed by atoms with Gasteiger partial charge < -0.3 is 14.0 Å². The molecule has 0 fully saturated rings. The minimum absolute atomic E-state index is 0.567. The zero-order valence-corrected chi connectivity index (χ0v) is 15.9. The van der Waals surface area contributed by atoms with Crippen molar-refractivity contribution in [1.82, 2.24) is 4.57 Å². The van der Waals surface area contributed by atoms with Gasteiger partial charge in [0, 0.05) is 27.0 Å². The molecule has 0 spiro atoms. The highest BCUT2D eigenvalue weighted by atomic mass is 79.9. The van der Waals surface area contributed by atoms with Gasteiger partial charge in [-0.25, -0.2) is 0 Å². The second kappa shape index (κ2) is 6.40. The van der Waals surface area contributed by atoms with E-state index in [9.17, 15) is 5.26 Å². The molecular weight excluding hydrogens is 392 g/mol. The Morgan fingerprint density at radius 1 is 0.885 bits per heavy atom. The highest BCUT2D eigenvalue weighted by Crippen LogP contribution is 2.38. The second-order valence-corrected chi connectivity index (χ2v) is 6.79. The fourth-order valence-electron chi connectivity index (χ4n) is 3.29. The third kappa shape index (κ3) is 2.51. The van der Waals surface area contributed by atoms with E-state index < -0.39 is 0 Å². The maximum atomic E-state index is 9.75. The predicted molar refractivity (Wildman–Crippen MR) is 106 cm³/mol. The Bertz CT molecular complexity index is 1170. The molecule has 4 nitrogen and oxygen atoms in total. The molecule has 4 rings (SSSR count). The third-order valence-corrected chi connectivity index (χ3v) is 5.01. The van der Waals surface area contributed by atoms with E-state index in [2.05, 4.69) is 26.6 Å². The summed E-state index contributed by atoms with van der Waals surface area (Å²) < 4.78 is 13.9. The zero-order chi connectivity index (χ0) is 18.3. The van der Waals surface area contributed by atoms with Crippen LogP contribution in [0.25, 0.3) is 27.5 Å². The normalized spacial score (nSPS) is 10.8. The molecule has 0 saturated heterocycles. The Balaban J connectivity index is 2.21. The molecule has 0 N–H and O–H groups in total. The monoisotopic (exact) mass is 406 g/mol. The second-order valence-electron chi connectivity index (χ2n) is 5.88. The van der Waals surface area contributed by atoms with Crippen molar-refractivity contribution in [2.75, 3.05) is 14.2 Å². The maximum absolute atomic E-state index is 9.75. The van der Waals surface area contributed by atoms with Crippen LogP contribution in [0, 0.1) is 11.3 Å². The van der Waals surface area contributed by atoms with Gasteiger partial charge in [0.15, 0.2) is 0 Å². The summed E-state index contributed by atoms with van der Waals surface area (Å²) in [4.78, 5) is 0. The van der Waals surface area contributed by atoms with Crippen LogP contribution in [-0.2, 0) is 0 Å². The first kappa shape index (κ1) is 16.5. The van der Waals surface area contributed by atoms with Crippen LogP contribution in [0.4, 0.5) is 0 Å². The predicted octanol–water partition coefficient (Wildman–Crippen LogP) is 5.44. The molecule has 1 heterocycles. The molecular formula is C21H15BrN2O2. The van der Waals surface area contributed by atoms with Crippen LogP contribution < -0.4 is 9.47 Å². The van der Waals surface area contributed by atoms with Gasteiger partial charge in [0.1, 0.15) is 17.6 Å². The number of hydrogen-bond donors (Lipinski definition) is 0. The topological polar surface area (TPSA) is 47.2 Å². The van der Waals surface area contributed by atoms with Crippen LogP contribution in [0.15, 0.2) is 59.1 Å². The van der Waals surface area contributed by atoms with Gasteiger partial charge in [0.05, 0.1) is 30.8 Å². The largest absolute Gasteiger partial charge is 0.497 e. The van der Waals surface area contributed by atoms with Crippen LogP contribution in [0.2, 0.25) is 0 Å². The molecule has 3 aromatic carbocycles. The Labute approximate surface area is 159 Å². The lowest BCUT2D eigenvalue weighted by Crippen LogP contribution is -1.96. The van der Waals surface area contributed by atoms with E-state index in [0.717, 1.165) is 37.7 Å². The number of benzene rings is 3. The molecule has 0 aliphatic carbocycles. The van der Waals surface area contributed by atoms with Gasteiger partial charge in [-0.1, -0.05) is 15.9 Å². The Hall–Kier alpha value is -2.97. The van der Waals surface area contributed by atoms with Crippen molar-refractivity contribution in [1.29, 1.82) is 5.26 Å². The minimum Gasteiger partial charge on any atom is -0.497 e. The average Bonchev–Trinajstić information content (AvgIpc) is 3.01. The van der Waals surface area contributed by atoms with Crippen molar-refractivity contribution in [3.05, 3.63) is 64.6 Å². The molecule has 0 aliphatic rings. The summed E-state index contributed by atoms with van der Waals surface area (Å²) in [5.74, 6) is 1.43. The van der Waals surface area contributed by atoms with Gasteiger partial charge in [-0.3, -0.25) is 0 Å². The summed E-state index contributed by atoms with van der Waals surface area (Å²) in [6.45, 7) is 0. The smallest absolute Gasteiger partial charge is 0.120 e. The highest BCUT2D eigenvalue weighted by Gasteiger charge is 2.17. The fraction of sp³-hybridized carbons (Fsp3) is 0.0952. The van der Waals surface area contributed by atoms with Crippen LogP contribution in [0.5, 0.6) is 11.5 Å². The summed E-state index contributed by atoms with van der Waals surface area (Å²) in [7, 11) is 3.26. The van der Waals surface area contributed by atoms with Gasteiger partial charge >= 0.3 is 0 Å². The summed E-state index contributed by atoms with van der Waals surface area (Å²) >= 11 is 3.48. The van der Waals surface area contributed by atoms with E-state index >= 15 is 0 Å². The van der Waals surface area contributed by atoms with Crippen molar-refractivity contribution in [3.8, 4) is 23.3 Å². The van der Waals surface area contributed by atoms with Crippen molar-refractivity contribution < 1.29 is 9.47 Å². The van der Waals surface area contributed by atoms with E-state index in [1.54, 1.807) is 20.3 Å². The Morgan fingerprint density at radius 2 is 1.58 bits per heavy atom. The number of nitrogens with zero attached hydrogens (tertiary/aromatic N) is 2. The summed E-state index contributed by atoms with van der Waals surface area (Å²) in [6.07, 6.45) is 0. The first-order chi connectivity index (χ1) is 12.7. The summed E-state index contributed by atoms with van der Waals surface area (Å²) in [5, 5.41) is 11.7. The molecule has 0 saturated carbocycles. The molecule has 1 aromatic heterocycles. The van der Waals surface area contributed by atoms with Crippen LogP contribution >= 0.6 is 15.9 Å². The van der Waals surface area contributed by atoms with E-state index in [1.807, 2.05) is 48.5 Å². The number of ether oxygens (including phenoxy) is 2. The first-order valence-electron chi connectivity index (χ1n) is 8.02. The van der Waals surface area contributed by atoms with Crippen molar-refractivity contribution >= 4 is 37.7 Å². The lowest BCUT2D eigenvalue weighted by molar-refractivity contribution is 0.415. The molecule has 0 amide bonds. The zero-order valence-electron chi connectivity index (χ0n) is 14.3. The van der Waals surface area contributed by atoms with Crippen LogP contribution in [0.3, 0.4) is 0 Å².